The first kappa shape index (κ1) is 14.8. The molecule has 1 aromatic heterocycles. The van der Waals surface area contributed by atoms with Gasteiger partial charge in [0.2, 0.25) is 0 Å². The number of hydrogen-bond donors (Lipinski definition) is 1. The van der Waals surface area contributed by atoms with Crippen LogP contribution >= 0.6 is 0 Å². The monoisotopic (exact) mass is 282 g/mol. The van der Waals surface area contributed by atoms with Gasteiger partial charge in [-0.25, -0.2) is 4.68 Å². The summed E-state index contributed by atoms with van der Waals surface area (Å²) in [4.78, 5) is 10.8. The van der Waals surface area contributed by atoms with Crippen molar-refractivity contribution in [2.75, 3.05) is 0 Å². The van der Waals surface area contributed by atoms with Crippen molar-refractivity contribution in [3.8, 4) is 5.88 Å². The minimum atomic E-state index is -0.425. The first-order valence-corrected chi connectivity index (χ1v) is 7.18. The summed E-state index contributed by atoms with van der Waals surface area (Å²) in [6.07, 6.45) is 4.85. The number of rotatable bonds is 4. The summed E-state index contributed by atoms with van der Waals surface area (Å²) in [6.45, 7) is 4.05. The van der Waals surface area contributed by atoms with Gasteiger partial charge in [0.1, 0.15) is 11.8 Å². The van der Waals surface area contributed by atoms with Crippen LogP contribution in [0.3, 0.4) is 0 Å². The normalized spacial score (nSPS) is 23.4. The van der Waals surface area contributed by atoms with Gasteiger partial charge in [-0.3, -0.25) is 10.1 Å². The Morgan fingerprint density at radius 2 is 2.15 bits per heavy atom. The van der Waals surface area contributed by atoms with Crippen molar-refractivity contribution >= 4 is 5.69 Å². The van der Waals surface area contributed by atoms with Crippen LogP contribution in [0.15, 0.2) is 0 Å². The van der Waals surface area contributed by atoms with Gasteiger partial charge in [-0.05, 0) is 33.1 Å². The van der Waals surface area contributed by atoms with E-state index in [1.807, 2.05) is 6.92 Å². The molecule has 1 saturated carbocycles. The summed E-state index contributed by atoms with van der Waals surface area (Å²) in [5, 5.41) is 15.4. The first-order chi connectivity index (χ1) is 9.54. The lowest BCUT2D eigenvalue weighted by atomic mass is 10.1. The summed E-state index contributed by atoms with van der Waals surface area (Å²) < 4.78 is 7.46. The Bertz CT molecular complexity index is 486. The molecule has 112 valence electrons. The predicted octanol–water partition coefficient (Wildman–Crippen LogP) is 2.16. The minimum Gasteiger partial charge on any atom is -0.468 e. The van der Waals surface area contributed by atoms with E-state index >= 15 is 0 Å². The van der Waals surface area contributed by atoms with Crippen LogP contribution in [0.5, 0.6) is 5.88 Å². The number of aromatic nitrogens is 2. The molecule has 1 aromatic rings. The molecule has 1 fully saturated rings. The fourth-order valence-corrected chi connectivity index (χ4v) is 2.68. The maximum Gasteiger partial charge on any atom is 0.353 e. The molecule has 0 aliphatic heterocycles. The van der Waals surface area contributed by atoms with E-state index in [0.29, 0.717) is 12.2 Å². The molecule has 1 heterocycles. The Hall–Kier alpha value is -1.63. The van der Waals surface area contributed by atoms with Crippen molar-refractivity contribution in [3.63, 3.8) is 0 Å². The van der Waals surface area contributed by atoms with Gasteiger partial charge >= 0.3 is 5.69 Å². The Kier molecular flexibility index (Phi) is 4.59. The molecule has 2 atom stereocenters. The molecule has 1 aliphatic carbocycles. The summed E-state index contributed by atoms with van der Waals surface area (Å²) in [6, 6.07) is -0.0717. The number of nitrogens with zero attached hydrogens (tertiary/aromatic N) is 3. The van der Waals surface area contributed by atoms with Gasteiger partial charge in [-0.1, -0.05) is 12.8 Å². The lowest BCUT2D eigenvalue weighted by Gasteiger charge is -2.22. The molecule has 1 aliphatic rings. The van der Waals surface area contributed by atoms with E-state index in [2.05, 4.69) is 5.10 Å². The molecule has 2 unspecified atom stereocenters. The molecule has 0 saturated heterocycles. The van der Waals surface area contributed by atoms with Gasteiger partial charge in [0.05, 0.1) is 4.92 Å². The lowest BCUT2D eigenvalue weighted by Crippen LogP contribution is -2.38. The second-order valence-electron chi connectivity index (χ2n) is 5.27. The Morgan fingerprint density at radius 3 is 2.80 bits per heavy atom. The van der Waals surface area contributed by atoms with Crippen LogP contribution in [0.25, 0.3) is 0 Å². The number of aryl methyl sites for hydroxylation is 2. The van der Waals surface area contributed by atoms with E-state index in [4.69, 9.17) is 10.5 Å². The highest BCUT2D eigenvalue weighted by Crippen LogP contribution is 2.33. The van der Waals surface area contributed by atoms with E-state index in [1.165, 1.54) is 0 Å². The maximum absolute atomic E-state index is 11.2. The molecule has 0 amide bonds. The van der Waals surface area contributed by atoms with E-state index in [-0.39, 0.29) is 23.7 Å². The minimum absolute atomic E-state index is 0.0386. The lowest BCUT2D eigenvalue weighted by molar-refractivity contribution is -0.386. The SMILES string of the molecule is CCn1nc(C)c([N+](=O)[O-])c1OC1CCCCCC1N. The third kappa shape index (κ3) is 2.92. The smallest absolute Gasteiger partial charge is 0.353 e. The van der Waals surface area contributed by atoms with Crippen LogP contribution in [0, 0.1) is 17.0 Å². The van der Waals surface area contributed by atoms with Crippen LogP contribution in [0.1, 0.15) is 44.7 Å². The first-order valence-electron chi connectivity index (χ1n) is 7.18. The van der Waals surface area contributed by atoms with Gasteiger partial charge in [0, 0.05) is 12.6 Å². The number of ether oxygens (including phenoxy) is 1. The molecule has 2 rings (SSSR count). The Labute approximate surface area is 118 Å². The summed E-state index contributed by atoms with van der Waals surface area (Å²) in [5.41, 5.74) is 6.47. The zero-order valence-electron chi connectivity index (χ0n) is 12.0. The molecule has 0 aromatic carbocycles. The standard InChI is InChI=1S/C13H22N4O3/c1-3-16-13(12(17(18)19)9(2)15-16)20-11-8-6-4-5-7-10(11)14/h10-11H,3-8,14H2,1-2H3. The molecule has 0 spiro atoms. The van der Waals surface area contributed by atoms with Crippen LogP contribution in [-0.4, -0.2) is 26.8 Å². The maximum atomic E-state index is 11.2. The van der Waals surface area contributed by atoms with Crippen LogP contribution < -0.4 is 10.5 Å². The van der Waals surface area contributed by atoms with Crippen LogP contribution in [0.2, 0.25) is 0 Å². The van der Waals surface area contributed by atoms with Crippen molar-refractivity contribution in [3.05, 3.63) is 15.8 Å². The Morgan fingerprint density at radius 1 is 1.45 bits per heavy atom. The molecular formula is C13H22N4O3. The van der Waals surface area contributed by atoms with Gasteiger partial charge in [0.25, 0.3) is 5.88 Å². The van der Waals surface area contributed by atoms with Crippen molar-refractivity contribution in [2.45, 2.75) is 64.6 Å². The van der Waals surface area contributed by atoms with Crippen molar-refractivity contribution in [1.29, 1.82) is 0 Å². The van der Waals surface area contributed by atoms with Crippen LogP contribution in [0.4, 0.5) is 5.69 Å². The van der Waals surface area contributed by atoms with E-state index < -0.39 is 4.92 Å². The van der Waals surface area contributed by atoms with Gasteiger partial charge < -0.3 is 10.5 Å². The fraction of sp³-hybridized carbons (Fsp3) is 0.769. The molecule has 2 N–H and O–H groups in total. The third-order valence-corrected chi connectivity index (χ3v) is 3.80. The van der Waals surface area contributed by atoms with E-state index in [9.17, 15) is 10.1 Å². The number of hydrogen-bond acceptors (Lipinski definition) is 5. The Balaban J connectivity index is 2.29. The zero-order valence-corrected chi connectivity index (χ0v) is 12.0. The number of nitro groups is 1. The van der Waals surface area contributed by atoms with Crippen molar-refractivity contribution < 1.29 is 9.66 Å². The summed E-state index contributed by atoms with van der Waals surface area (Å²) >= 11 is 0. The van der Waals surface area contributed by atoms with Gasteiger partial charge in [0.15, 0.2) is 0 Å². The highest BCUT2D eigenvalue weighted by molar-refractivity contribution is 5.45. The quantitative estimate of drug-likeness (QED) is 0.518. The average Bonchev–Trinajstić information content (AvgIpc) is 2.58. The van der Waals surface area contributed by atoms with Crippen LogP contribution in [-0.2, 0) is 6.54 Å². The summed E-state index contributed by atoms with van der Waals surface area (Å²) in [7, 11) is 0. The summed E-state index contributed by atoms with van der Waals surface area (Å²) in [5.74, 6) is 0.248. The second kappa shape index (κ2) is 6.21. The average molecular weight is 282 g/mol. The zero-order chi connectivity index (χ0) is 14.7. The highest BCUT2D eigenvalue weighted by Gasteiger charge is 2.31. The molecule has 7 heteroatoms. The second-order valence-corrected chi connectivity index (χ2v) is 5.27. The molecular weight excluding hydrogens is 260 g/mol. The molecule has 7 nitrogen and oxygen atoms in total. The van der Waals surface area contributed by atoms with Gasteiger partial charge in [-0.15, -0.1) is 0 Å². The predicted molar refractivity (Wildman–Crippen MR) is 74.8 cm³/mol. The van der Waals surface area contributed by atoms with Gasteiger partial charge in [-0.2, -0.15) is 5.10 Å². The van der Waals surface area contributed by atoms with Crippen molar-refractivity contribution in [1.82, 2.24) is 9.78 Å². The van der Waals surface area contributed by atoms with E-state index in [1.54, 1.807) is 11.6 Å². The van der Waals surface area contributed by atoms with Crippen molar-refractivity contribution in [2.24, 2.45) is 5.73 Å². The number of nitrogens with two attached hydrogens (primary N) is 1. The van der Waals surface area contributed by atoms with E-state index in [0.717, 1.165) is 32.1 Å². The molecule has 0 bridgehead atoms. The largest absolute Gasteiger partial charge is 0.468 e. The fourth-order valence-electron chi connectivity index (χ4n) is 2.68. The highest BCUT2D eigenvalue weighted by atomic mass is 16.6. The molecule has 0 radical (unpaired) electrons. The topological polar surface area (TPSA) is 96.2 Å². The third-order valence-electron chi connectivity index (χ3n) is 3.80. The molecule has 20 heavy (non-hydrogen) atoms.